The van der Waals surface area contributed by atoms with Crippen molar-refractivity contribution in [3.8, 4) is 0 Å². The molecule has 0 atom stereocenters. The molecule has 0 saturated carbocycles. The van der Waals surface area contributed by atoms with Crippen molar-refractivity contribution < 1.29 is 4.39 Å². The van der Waals surface area contributed by atoms with Gasteiger partial charge in [0.2, 0.25) is 0 Å². The Labute approximate surface area is 89.3 Å². The number of hydrogen-bond donors (Lipinski definition) is 1. The van der Waals surface area contributed by atoms with E-state index in [9.17, 15) is 4.39 Å². The van der Waals surface area contributed by atoms with Gasteiger partial charge in [-0.1, -0.05) is 39.1 Å². The van der Waals surface area contributed by atoms with Gasteiger partial charge >= 0.3 is 0 Å². The quantitative estimate of drug-likeness (QED) is 0.712. The van der Waals surface area contributed by atoms with Gasteiger partial charge in [-0.25, -0.2) is 4.39 Å². The smallest absolute Gasteiger partial charge is 0.125 e. The van der Waals surface area contributed by atoms with E-state index in [1.54, 1.807) is 12.1 Å². The van der Waals surface area contributed by atoms with E-state index >= 15 is 0 Å². The van der Waals surface area contributed by atoms with Gasteiger partial charge in [0.15, 0.2) is 0 Å². The number of thiocarbonyl (C=S) groups is 1. The average molecular weight is 211 g/mol. The van der Waals surface area contributed by atoms with Crippen molar-refractivity contribution in [1.29, 1.82) is 0 Å². The van der Waals surface area contributed by atoms with Crippen molar-refractivity contribution in [2.45, 2.75) is 20.8 Å². The number of hydrogen-bond acceptors (Lipinski definition) is 1. The second-order valence-corrected chi connectivity index (χ2v) is 4.62. The summed E-state index contributed by atoms with van der Waals surface area (Å²) in [6.45, 7) is 6.05. The molecule has 0 aromatic heterocycles. The molecule has 0 amide bonds. The van der Waals surface area contributed by atoms with Crippen LogP contribution in [-0.4, -0.2) is 4.99 Å². The lowest BCUT2D eigenvalue weighted by Crippen LogP contribution is -2.25. The van der Waals surface area contributed by atoms with E-state index in [0.717, 1.165) is 0 Å². The Balaban J connectivity index is 2.75. The van der Waals surface area contributed by atoms with E-state index in [1.165, 1.54) is 12.1 Å². The molecule has 0 radical (unpaired) electrons. The van der Waals surface area contributed by atoms with Crippen LogP contribution in [0.1, 0.15) is 20.8 Å². The first-order chi connectivity index (χ1) is 6.39. The Morgan fingerprint density at radius 1 is 1.36 bits per heavy atom. The van der Waals surface area contributed by atoms with E-state index in [2.05, 4.69) is 5.32 Å². The summed E-state index contributed by atoms with van der Waals surface area (Å²) in [6.07, 6.45) is 0. The van der Waals surface area contributed by atoms with E-state index in [0.29, 0.717) is 10.7 Å². The van der Waals surface area contributed by atoms with Crippen LogP contribution in [0.15, 0.2) is 24.3 Å². The summed E-state index contributed by atoms with van der Waals surface area (Å²) in [5.74, 6) is -0.258. The summed E-state index contributed by atoms with van der Waals surface area (Å²) >= 11 is 5.18. The molecule has 1 aromatic carbocycles. The van der Waals surface area contributed by atoms with Gasteiger partial charge in [-0.3, -0.25) is 0 Å². The molecule has 0 unspecified atom stereocenters. The van der Waals surface area contributed by atoms with Gasteiger partial charge in [-0.05, 0) is 18.2 Å². The molecule has 0 aliphatic rings. The van der Waals surface area contributed by atoms with E-state index < -0.39 is 0 Å². The maximum atomic E-state index is 12.8. The molecular formula is C11H14FNS. The van der Waals surface area contributed by atoms with Gasteiger partial charge < -0.3 is 5.32 Å². The summed E-state index contributed by atoms with van der Waals surface area (Å²) in [5.41, 5.74) is 0.603. The Kier molecular flexibility index (Phi) is 3.21. The molecule has 1 aromatic rings. The zero-order valence-electron chi connectivity index (χ0n) is 8.60. The van der Waals surface area contributed by atoms with Crippen molar-refractivity contribution in [2.75, 3.05) is 5.32 Å². The normalized spacial score (nSPS) is 11.1. The van der Waals surface area contributed by atoms with Crippen molar-refractivity contribution in [1.82, 2.24) is 0 Å². The highest BCUT2D eigenvalue weighted by Gasteiger charge is 2.16. The third-order valence-electron chi connectivity index (χ3n) is 1.76. The lowest BCUT2D eigenvalue weighted by atomic mass is 9.96. The van der Waals surface area contributed by atoms with Crippen LogP contribution in [-0.2, 0) is 0 Å². The molecule has 3 heteroatoms. The molecule has 0 aliphatic heterocycles. The van der Waals surface area contributed by atoms with Gasteiger partial charge in [0, 0.05) is 11.1 Å². The SMILES string of the molecule is CC(C)(C)C(=S)Nc1cccc(F)c1. The van der Waals surface area contributed by atoms with Crippen molar-refractivity contribution in [3.63, 3.8) is 0 Å². The molecule has 0 bridgehead atoms. The standard InChI is InChI=1S/C11H14FNS/c1-11(2,3)10(14)13-9-6-4-5-8(12)7-9/h4-7H,1-3H3,(H,13,14). The van der Waals surface area contributed by atoms with Crippen LogP contribution < -0.4 is 5.32 Å². The van der Waals surface area contributed by atoms with Crippen LogP contribution in [0, 0.1) is 11.2 Å². The lowest BCUT2D eigenvalue weighted by Gasteiger charge is -2.21. The predicted octanol–water partition coefficient (Wildman–Crippen LogP) is 3.61. The summed E-state index contributed by atoms with van der Waals surface area (Å²) < 4.78 is 12.8. The number of benzene rings is 1. The molecule has 0 spiro atoms. The monoisotopic (exact) mass is 211 g/mol. The highest BCUT2D eigenvalue weighted by molar-refractivity contribution is 7.80. The zero-order valence-corrected chi connectivity index (χ0v) is 9.41. The van der Waals surface area contributed by atoms with E-state index in [4.69, 9.17) is 12.2 Å². The summed E-state index contributed by atoms with van der Waals surface area (Å²) in [6, 6.07) is 6.29. The minimum Gasteiger partial charge on any atom is -0.350 e. The maximum Gasteiger partial charge on any atom is 0.125 e. The lowest BCUT2D eigenvalue weighted by molar-refractivity contribution is 0.599. The van der Waals surface area contributed by atoms with Crippen LogP contribution in [0.4, 0.5) is 10.1 Å². The first kappa shape index (κ1) is 11.1. The Hall–Kier alpha value is -0.960. The Morgan fingerprint density at radius 2 is 2.00 bits per heavy atom. The largest absolute Gasteiger partial charge is 0.350 e. The minimum atomic E-state index is -0.258. The number of anilines is 1. The summed E-state index contributed by atoms with van der Waals surface area (Å²) in [5, 5.41) is 3.01. The molecule has 0 saturated heterocycles. The van der Waals surface area contributed by atoms with Crippen LogP contribution in [0.5, 0.6) is 0 Å². The fourth-order valence-corrected chi connectivity index (χ4v) is 1.00. The van der Waals surface area contributed by atoms with Gasteiger partial charge in [0.1, 0.15) is 5.82 Å². The topological polar surface area (TPSA) is 12.0 Å². The van der Waals surface area contributed by atoms with E-state index in [-0.39, 0.29) is 11.2 Å². The van der Waals surface area contributed by atoms with Gasteiger partial charge in [-0.15, -0.1) is 0 Å². The van der Waals surface area contributed by atoms with Crippen LogP contribution in [0.3, 0.4) is 0 Å². The Bertz CT molecular complexity index is 341. The van der Waals surface area contributed by atoms with Gasteiger partial charge in [0.25, 0.3) is 0 Å². The van der Waals surface area contributed by atoms with Crippen LogP contribution in [0.2, 0.25) is 0 Å². The molecule has 1 N–H and O–H groups in total. The molecule has 76 valence electrons. The number of rotatable bonds is 1. The second kappa shape index (κ2) is 4.05. The molecule has 1 nitrogen and oxygen atoms in total. The number of nitrogens with one attached hydrogen (secondary N) is 1. The Morgan fingerprint density at radius 3 is 2.50 bits per heavy atom. The van der Waals surface area contributed by atoms with E-state index in [1.807, 2.05) is 20.8 Å². The fraction of sp³-hybridized carbons (Fsp3) is 0.364. The maximum absolute atomic E-state index is 12.8. The third-order valence-corrected chi connectivity index (χ3v) is 2.48. The molecule has 14 heavy (non-hydrogen) atoms. The van der Waals surface area contributed by atoms with Gasteiger partial charge in [0.05, 0.1) is 4.99 Å². The van der Waals surface area contributed by atoms with Crippen molar-refractivity contribution in [2.24, 2.45) is 5.41 Å². The molecule has 0 fully saturated rings. The first-order valence-electron chi connectivity index (χ1n) is 4.46. The summed E-state index contributed by atoms with van der Waals surface area (Å²) in [7, 11) is 0. The average Bonchev–Trinajstić information content (AvgIpc) is 2.02. The highest BCUT2D eigenvalue weighted by Crippen LogP contribution is 2.19. The second-order valence-electron chi connectivity index (χ2n) is 4.21. The highest BCUT2D eigenvalue weighted by atomic mass is 32.1. The molecule has 1 rings (SSSR count). The fourth-order valence-electron chi connectivity index (χ4n) is 0.885. The van der Waals surface area contributed by atoms with Crippen molar-refractivity contribution >= 4 is 22.9 Å². The van der Waals surface area contributed by atoms with Crippen LogP contribution >= 0.6 is 12.2 Å². The minimum absolute atomic E-state index is 0.0956. The predicted molar refractivity (Wildman–Crippen MR) is 62.1 cm³/mol. The summed E-state index contributed by atoms with van der Waals surface area (Å²) in [4.78, 5) is 0.711. The zero-order chi connectivity index (χ0) is 10.8. The van der Waals surface area contributed by atoms with Crippen molar-refractivity contribution in [3.05, 3.63) is 30.1 Å². The van der Waals surface area contributed by atoms with Crippen LogP contribution in [0.25, 0.3) is 0 Å². The number of halogens is 1. The van der Waals surface area contributed by atoms with Gasteiger partial charge in [-0.2, -0.15) is 0 Å². The molecular weight excluding hydrogens is 197 g/mol. The molecule has 0 aliphatic carbocycles. The molecule has 0 heterocycles. The first-order valence-corrected chi connectivity index (χ1v) is 4.87. The third kappa shape index (κ3) is 3.07.